The molecule has 17 heavy (non-hydrogen) atoms. The standard InChI is InChI=1S/C11H11Cl2N3O/c1-2-7-14-11(17)10(13)16-15-9-5-3-8(12)4-6-9/h2-6,15H,1,7H2,(H,14,17). The number of rotatable bonds is 5. The summed E-state index contributed by atoms with van der Waals surface area (Å²) in [6.07, 6.45) is 1.55. The number of benzene rings is 1. The number of hydrazone groups is 1. The Morgan fingerprint density at radius 2 is 2.06 bits per heavy atom. The summed E-state index contributed by atoms with van der Waals surface area (Å²) in [4.78, 5) is 11.3. The number of nitrogens with zero attached hydrogens (tertiary/aromatic N) is 1. The number of carbonyl (C=O) groups is 1. The van der Waals surface area contributed by atoms with Crippen LogP contribution in [0.3, 0.4) is 0 Å². The van der Waals surface area contributed by atoms with Crippen LogP contribution < -0.4 is 10.7 Å². The molecule has 0 saturated carbocycles. The van der Waals surface area contributed by atoms with Crippen molar-refractivity contribution < 1.29 is 4.79 Å². The molecule has 0 fully saturated rings. The lowest BCUT2D eigenvalue weighted by atomic mass is 10.3. The minimum absolute atomic E-state index is 0.179. The van der Waals surface area contributed by atoms with Crippen LogP contribution in [-0.4, -0.2) is 17.6 Å². The average molecular weight is 272 g/mol. The van der Waals surface area contributed by atoms with Crippen LogP contribution in [0.5, 0.6) is 0 Å². The highest BCUT2D eigenvalue weighted by Gasteiger charge is 2.06. The molecule has 0 heterocycles. The molecule has 0 atom stereocenters. The highest BCUT2D eigenvalue weighted by Crippen LogP contribution is 2.13. The molecular formula is C11H11Cl2N3O. The second-order valence-corrected chi connectivity index (χ2v) is 3.81. The summed E-state index contributed by atoms with van der Waals surface area (Å²) < 4.78 is 0. The molecule has 90 valence electrons. The van der Waals surface area contributed by atoms with E-state index < -0.39 is 5.91 Å². The van der Waals surface area contributed by atoms with Gasteiger partial charge in [0, 0.05) is 11.6 Å². The Morgan fingerprint density at radius 1 is 1.41 bits per heavy atom. The van der Waals surface area contributed by atoms with Crippen molar-refractivity contribution in [2.75, 3.05) is 12.0 Å². The van der Waals surface area contributed by atoms with E-state index in [0.29, 0.717) is 17.3 Å². The third-order valence-electron chi connectivity index (χ3n) is 1.72. The highest BCUT2D eigenvalue weighted by atomic mass is 35.5. The van der Waals surface area contributed by atoms with Crippen molar-refractivity contribution >= 4 is 40.0 Å². The van der Waals surface area contributed by atoms with Gasteiger partial charge in [-0.05, 0) is 24.3 Å². The third kappa shape index (κ3) is 4.89. The largest absolute Gasteiger partial charge is 0.346 e. The van der Waals surface area contributed by atoms with E-state index in [1.54, 1.807) is 30.3 Å². The summed E-state index contributed by atoms with van der Waals surface area (Å²) >= 11 is 11.4. The number of hydrogen-bond donors (Lipinski definition) is 2. The molecule has 0 spiro atoms. The second kappa shape index (κ2) is 6.93. The minimum atomic E-state index is -0.465. The minimum Gasteiger partial charge on any atom is -0.346 e. The highest BCUT2D eigenvalue weighted by molar-refractivity contribution is 6.82. The summed E-state index contributed by atoms with van der Waals surface area (Å²) in [7, 11) is 0. The summed E-state index contributed by atoms with van der Waals surface area (Å²) in [5, 5.41) is 6.66. The zero-order valence-corrected chi connectivity index (χ0v) is 10.4. The maximum atomic E-state index is 11.3. The first-order valence-corrected chi connectivity index (χ1v) is 5.53. The normalized spacial score (nSPS) is 10.8. The number of anilines is 1. The average Bonchev–Trinajstić information content (AvgIpc) is 2.34. The van der Waals surface area contributed by atoms with E-state index >= 15 is 0 Å². The van der Waals surface area contributed by atoms with Gasteiger partial charge in [-0.2, -0.15) is 5.10 Å². The third-order valence-corrected chi connectivity index (χ3v) is 2.23. The van der Waals surface area contributed by atoms with Crippen molar-refractivity contribution in [2.24, 2.45) is 5.10 Å². The molecule has 4 nitrogen and oxygen atoms in total. The predicted molar refractivity (Wildman–Crippen MR) is 71.6 cm³/mol. The molecule has 0 aromatic heterocycles. The van der Waals surface area contributed by atoms with Gasteiger partial charge in [0.2, 0.25) is 5.17 Å². The van der Waals surface area contributed by atoms with Gasteiger partial charge in [0.1, 0.15) is 0 Å². The molecule has 0 aliphatic carbocycles. The van der Waals surface area contributed by atoms with Crippen LogP contribution in [0.25, 0.3) is 0 Å². The first kappa shape index (κ1) is 13.5. The Bertz CT molecular complexity index is 429. The van der Waals surface area contributed by atoms with Crippen LogP contribution >= 0.6 is 23.2 Å². The van der Waals surface area contributed by atoms with Gasteiger partial charge in [-0.25, -0.2) is 0 Å². The van der Waals surface area contributed by atoms with Crippen LogP contribution in [0.2, 0.25) is 5.02 Å². The van der Waals surface area contributed by atoms with E-state index in [9.17, 15) is 4.79 Å². The van der Waals surface area contributed by atoms with Gasteiger partial charge in [0.05, 0.1) is 5.69 Å². The molecular weight excluding hydrogens is 261 g/mol. The molecule has 0 radical (unpaired) electrons. The smallest absolute Gasteiger partial charge is 0.283 e. The fraction of sp³-hybridized carbons (Fsp3) is 0.0909. The summed E-state index contributed by atoms with van der Waals surface area (Å²) in [5.74, 6) is -0.465. The van der Waals surface area contributed by atoms with Gasteiger partial charge in [0.25, 0.3) is 5.91 Å². The van der Waals surface area contributed by atoms with Crippen molar-refractivity contribution in [2.45, 2.75) is 0 Å². The molecule has 0 aliphatic heterocycles. The molecule has 0 saturated heterocycles. The van der Waals surface area contributed by atoms with Crippen LogP contribution in [0.1, 0.15) is 0 Å². The molecule has 6 heteroatoms. The lowest BCUT2D eigenvalue weighted by Gasteiger charge is -2.02. The molecule has 0 unspecified atom stereocenters. The number of nitrogens with one attached hydrogen (secondary N) is 2. The number of amides is 1. The summed E-state index contributed by atoms with van der Waals surface area (Å²) in [6, 6.07) is 6.84. The Labute approximate surface area is 109 Å². The number of hydrogen-bond acceptors (Lipinski definition) is 3. The van der Waals surface area contributed by atoms with Crippen LogP contribution in [0.4, 0.5) is 5.69 Å². The van der Waals surface area contributed by atoms with Crippen molar-refractivity contribution in [1.29, 1.82) is 0 Å². The van der Waals surface area contributed by atoms with Gasteiger partial charge in [-0.1, -0.05) is 29.3 Å². The lowest BCUT2D eigenvalue weighted by Crippen LogP contribution is -2.28. The van der Waals surface area contributed by atoms with Gasteiger partial charge in [0.15, 0.2) is 0 Å². The van der Waals surface area contributed by atoms with E-state index in [4.69, 9.17) is 23.2 Å². The van der Waals surface area contributed by atoms with E-state index in [1.165, 1.54) is 0 Å². The van der Waals surface area contributed by atoms with E-state index in [1.807, 2.05) is 0 Å². The van der Waals surface area contributed by atoms with Crippen molar-refractivity contribution in [3.8, 4) is 0 Å². The molecule has 1 aromatic carbocycles. The topological polar surface area (TPSA) is 53.5 Å². The fourth-order valence-electron chi connectivity index (χ4n) is 0.927. The Kier molecular flexibility index (Phi) is 5.52. The Hall–Kier alpha value is -1.52. The van der Waals surface area contributed by atoms with Crippen molar-refractivity contribution in [3.05, 3.63) is 41.9 Å². The first-order valence-electron chi connectivity index (χ1n) is 4.77. The number of halogens is 2. The second-order valence-electron chi connectivity index (χ2n) is 3.02. The first-order chi connectivity index (χ1) is 8.13. The van der Waals surface area contributed by atoms with Crippen molar-refractivity contribution in [1.82, 2.24) is 5.32 Å². The molecule has 2 N–H and O–H groups in total. The maximum Gasteiger partial charge on any atom is 0.283 e. The fourth-order valence-corrected chi connectivity index (χ4v) is 1.16. The Balaban J connectivity index is 2.55. The van der Waals surface area contributed by atoms with Gasteiger partial charge < -0.3 is 5.32 Å². The van der Waals surface area contributed by atoms with Crippen LogP contribution in [0, 0.1) is 0 Å². The summed E-state index contributed by atoms with van der Waals surface area (Å²) in [6.45, 7) is 3.81. The molecule has 1 amide bonds. The molecule has 1 rings (SSSR count). The predicted octanol–water partition coefficient (Wildman–Crippen LogP) is 2.61. The monoisotopic (exact) mass is 271 g/mol. The zero-order valence-electron chi connectivity index (χ0n) is 8.91. The van der Waals surface area contributed by atoms with Gasteiger partial charge in [-0.15, -0.1) is 6.58 Å². The number of carbonyl (C=O) groups excluding carboxylic acids is 1. The quantitative estimate of drug-likeness (QED) is 0.492. The zero-order chi connectivity index (χ0) is 12.7. The Morgan fingerprint density at radius 3 is 2.65 bits per heavy atom. The lowest BCUT2D eigenvalue weighted by molar-refractivity contribution is -0.114. The summed E-state index contributed by atoms with van der Waals surface area (Å²) in [5.41, 5.74) is 3.32. The van der Waals surface area contributed by atoms with Gasteiger partial charge in [-0.3, -0.25) is 10.2 Å². The van der Waals surface area contributed by atoms with Crippen LogP contribution in [0.15, 0.2) is 42.0 Å². The van der Waals surface area contributed by atoms with Crippen LogP contribution in [-0.2, 0) is 4.79 Å². The van der Waals surface area contributed by atoms with E-state index in [0.717, 1.165) is 0 Å². The molecule has 1 aromatic rings. The van der Waals surface area contributed by atoms with E-state index in [-0.39, 0.29) is 5.17 Å². The SMILES string of the molecule is C=CCNC(=O)C(Cl)=NNc1ccc(Cl)cc1. The van der Waals surface area contributed by atoms with E-state index in [2.05, 4.69) is 22.4 Å². The molecule has 0 aliphatic rings. The van der Waals surface area contributed by atoms with Gasteiger partial charge >= 0.3 is 0 Å². The maximum absolute atomic E-state index is 11.3. The molecule has 0 bridgehead atoms. The van der Waals surface area contributed by atoms with Crippen molar-refractivity contribution in [3.63, 3.8) is 0 Å².